The van der Waals surface area contributed by atoms with Gasteiger partial charge in [-0.25, -0.2) is 0 Å². The normalized spacial score (nSPS) is 16.3. The fourth-order valence-corrected chi connectivity index (χ4v) is 4.44. The Bertz CT molecular complexity index is 1050. The summed E-state index contributed by atoms with van der Waals surface area (Å²) in [5.74, 6) is -0.209. The molecule has 0 radical (unpaired) electrons. The summed E-state index contributed by atoms with van der Waals surface area (Å²) in [7, 11) is 0. The second-order valence-electron chi connectivity index (χ2n) is 7.36. The zero-order valence-corrected chi connectivity index (χ0v) is 18.0. The van der Waals surface area contributed by atoms with Crippen molar-refractivity contribution in [3.05, 3.63) is 74.7 Å². The van der Waals surface area contributed by atoms with E-state index in [1.165, 1.54) is 11.3 Å². The van der Waals surface area contributed by atoms with Crippen molar-refractivity contribution in [2.75, 3.05) is 18.4 Å². The third kappa shape index (κ3) is 4.68. The lowest BCUT2D eigenvalue weighted by Crippen LogP contribution is -2.39. The molecule has 0 bridgehead atoms. The minimum Gasteiger partial charge on any atom is -0.338 e. The lowest BCUT2D eigenvalue weighted by Gasteiger charge is -2.31. The molecule has 8 heteroatoms. The Morgan fingerprint density at radius 3 is 2.57 bits per heavy atom. The summed E-state index contributed by atoms with van der Waals surface area (Å²) in [5.41, 5.74) is 2.47. The number of aryl methyl sites for hydroxylation is 1. The van der Waals surface area contributed by atoms with Crippen LogP contribution in [0.1, 0.15) is 49.5 Å². The van der Waals surface area contributed by atoms with Gasteiger partial charge in [-0.15, -0.1) is 10.2 Å². The van der Waals surface area contributed by atoms with E-state index in [0.29, 0.717) is 28.7 Å². The van der Waals surface area contributed by atoms with E-state index in [4.69, 9.17) is 11.6 Å². The lowest BCUT2D eigenvalue weighted by molar-refractivity contribution is 0.0706. The number of piperidine rings is 1. The first-order valence-corrected chi connectivity index (χ1v) is 11.0. The predicted octanol–water partition coefficient (Wildman–Crippen LogP) is 4.77. The first-order valence-electron chi connectivity index (χ1n) is 9.76. The standard InChI is InChI=1S/C22H21ClN4O2S/c1-14-4-10-18(11-5-14)24-19(28)21-26-25-20(30-21)16-3-2-12-27(13-16)22(29)15-6-8-17(23)9-7-15/h4-11,16H,2-3,12-13H2,1H3,(H,24,28). The maximum Gasteiger partial charge on any atom is 0.286 e. The summed E-state index contributed by atoms with van der Waals surface area (Å²) >= 11 is 7.21. The van der Waals surface area contributed by atoms with Crippen molar-refractivity contribution in [1.29, 1.82) is 0 Å². The van der Waals surface area contributed by atoms with Crippen LogP contribution in [-0.4, -0.2) is 40.0 Å². The van der Waals surface area contributed by atoms with Crippen molar-refractivity contribution < 1.29 is 9.59 Å². The number of benzene rings is 2. The molecule has 4 rings (SSSR count). The van der Waals surface area contributed by atoms with E-state index in [-0.39, 0.29) is 17.7 Å². The Morgan fingerprint density at radius 2 is 1.83 bits per heavy atom. The molecule has 0 saturated carbocycles. The minimum atomic E-state index is -0.271. The molecule has 1 saturated heterocycles. The molecule has 1 atom stereocenters. The Morgan fingerprint density at radius 1 is 1.10 bits per heavy atom. The van der Waals surface area contributed by atoms with Gasteiger partial charge in [0.05, 0.1) is 0 Å². The van der Waals surface area contributed by atoms with E-state index in [0.717, 1.165) is 29.1 Å². The molecule has 1 unspecified atom stereocenters. The summed E-state index contributed by atoms with van der Waals surface area (Å²) in [5, 5.41) is 12.9. The van der Waals surface area contributed by atoms with Gasteiger partial charge in [0.25, 0.3) is 11.8 Å². The number of hydrogen-bond donors (Lipinski definition) is 1. The molecule has 30 heavy (non-hydrogen) atoms. The summed E-state index contributed by atoms with van der Waals surface area (Å²) in [6.45, 7) is 3.26. The second-order valence-corrected chi connectivity index (χ2v) is 8.81. The molecule has 1 N–H and O–H groups in total. The van der Waals surface area contributed by atoms with Crippen LogP contribution in [-0.2, 0) is 0 Å². The largest absolute Gasteiger partial charge is 0.338 e. The topological polar surface area (TPSA) is 75.2 Å². The van der Waals surface area contributed by atoms with Crippen molar-refractivity contribution >= 4 is 40.4 Å². The molecule has 6 nitrogen and oxygen atoms in total. The van der Waals surface area contributed by atoms with Crippen LogP contribution in [0.3, 0.4) is 0 Å². The number of halogens is 1. The van der Waals surface area contributed by atoms with Crippen LogP contribution < -0.4 is 5.32 Å². The summed E-state index contributed by atoms with van der Waals surface area (Å²) in [6.07, 6.45) is 1.80. The van der Waals surface area contributed by atoms with Gasteiger partial charge in [-0.05, 0) is 56.2 Å². The third-order valence-corrected chi connectivity index (χ3v) is 6.43. The SMILES string of the molecule is Cc1ccc(NC(=O)c2nnc(C3CCCN(C(=O)c4ccc(Cl)cc4)C3)s2)cc1. The monoisotopic (exact) mass is 440 g/mol. The lowest BCUT2D eigenvalue weighted by atomic mass is 9.98. The first-order chi connectivity index (χ1) is 14.5. The van der Waals surface area contributed by atoms with E-state index in [1.54, 1.807) is 24.3 Å². The van der Waals surface area contributed by atoms with Gasteiger partial charge in [0, 0.05) is 35.3 Å². The number of aromatic nitrogens is 2. The number of amides is 2. The predicted molar refractivity (Wildman–Crippen MR) is 118 cm³/mol. The van der Waals surface area contributed by atoms with Crippen LogP contribution in [0, 0.1) is 6.92 Å². The van der Waals surface area contributed by atoms with Crippen LogP contribution in [0.2, 0.25) is 5.02 Å². The van der Waals surface area contributed by atoms with E-state index >= 15 is 0 Å². The quantitative estimate of drug-likeness (QED) is 0.633. The van der Waals surface area contributed by atoms with Gasteiger partial charge >= 0.3 is 0 Å². The molecule has 2 heterocycles. The maximum atomic E-state index is 12.8. The van der Waals surface area contributed by atoms with Crippen molar-refractivity contribution in [2.45, 2.75) is 25.7 Å². The highest BCUT2D eigenvalue weighted by Crippen LogP contribution is 2.30. The summed E-state index contributed by atoms with van der Waals surface area (Å²) < 4.78 is 0. The molecule has 3 aromatic rings. The van der Waals surface area contributed by atoms with Crippen molar-refractivity contribution in [3.63, 3.8) is 0 Å². The number of hydrogen-bond acceptors (Lipinski definition) is 5. The highest BCUT2D eigenvalue weighted by atomic mass is 35.5. The Kier molecular flexibility index (Phi) is 6.11. The highest BCUT2D eigenvalue weighted by molar-refractivity contribution is 7.13. The molecule has 0 spiro atoms. The molecular formula is C22H21ClN4O2S. The van der Waals surface area contributed by atoms with Gasteiger partial charge in [0.15, 0.2) is 0 Å². The number of nitrogens with zero attached hydrogens (tertiary/aromatic N) is 3. The fraction of sp³-hybridized carbons (Fsp3) is 0.273. The van der Waals surface area contributed by atoms with Gasteiger partial charge in [-0.1, -0.05) is 40.6 Å². The first kappa shape index (κ1) is 20.5. The molecule has 0 aliphatic carbocycles. The number of rotatable bonds is 4. The van der Waals surface area contributed by atoms with E-state index in [2.05, 4.69) is 15.5 Å². The fourth-order valence-electron chi connectivity index (χ4n) is 3.45. The Labute approximate surface area is 183 Å². The number of carbonyl (C=O) groups excluding carboxylic acids is 2. The average molecular weight is 441 g/mol. The van der Waals surface area contributed by atoms with Crippen LogP contribution >= 0.6 is 22.9 Å². The molecule has 1 aliphatic rings. The van der Waals surface area contributed by atoms with Crippen LogP contribution in [0.5, 0.6) is 0 Å². The van der Waals surface area contributed by atoms with Gasteiger partial charge < -0.3 is 10.2 Å². The van der Waals surface area contributed by atoms with Crippen LogP contribution in [0.4, 0.5) is 5.69 Å². The molecule has 1 fully saturated rings. The smallest absolute Gasteiger partial charge is 0.286 e. The van der Waals surface area contributed by atoms with Crippen molar-refractivity contribution in [2.24, 2.45) is 0 Å². The number of likely N-dealkylation sites (tertiary alicyclic amines) is 1. The minimum absolute atomic E-state index is 0.0155. The third-order valence-electron chi connectivity index (χ3n) is 5.09. The summed E-state index contributed by atoms with van der Waals surface area (Å²) in [4.78, 5) is 27.2. The van der Waals surface area contributed by atoms with Gasteiger partial charge in [0.2, 0.25) is 5.01 Å². The molecule has 2 amide bonds. The highest BCUT2D eigenvalue weighted by Gasteiger charge is 2.28. The molecule has 1 aromatic heterocycles. The molecule has 2 aromatic carbocycles. The number of anilines is 1. The number of carbonyl (C=O) groups is 2. The zero-order valence-electron chi connectivity index (χ0n) is 16.5. The summed E-state index contributed by atoms with van der Waals surface area (Å²) in [6, 6.07) is 14.5. The maximum absolute atomic E-state index is 12.8. The Balaban J connectivity index is 1.42. The molecule has 1 aliphatic heterocycles. The van der Waals surface area contributed by atoms with E-state index in [1.807, 2.05) is 36.1 Å². The average Bonchev–Trinajstić information content (AvgIpc) is 3.26. The van der Waals surface area contributed by atoms with Gasteiger partial charge in [0.1, 0.15) is 5.01 Å². The second kappa shape index (κ2) is 8.93. The molecular weight excluding hydrogens is 420 g/mol. The van der Waals surface area contributed by atoms with E-state index in [9.17, 15) is 9.59 Å². The Hall–Kier alpha value is -2.77. The van der Waals surface area contributed by atoms with E-state index < -0.39 is 0 Å². The number of nitrogens with one attached hydrogen (secondary N) is 1. The van der Waals surface area contributed by atoms with Gasteiger partial charge in [-0.2, -0.15) is 0 Å². The van der Waals surface area contributed by atoms with Crippen LogP contribution in [0.15, 0.2) is 48.5 Å². The zero-order chi connectivity index (χ0) is 21.1. The van der Waals surface area contributed by atoms with Gasteiger partial charge in [-0.3, -0.25) is 9.59 Å². The van der Waals surface area contributed by atoms with Crippen molar-refractivity contribution in [1.82, 2.24) is 15.1 Å². The molecule has 154 valence electrons. The van der Waals surface area contributed by atoms with Crippen molar-refractivity contribution in [3.8, 4) is 0 Å². The van der Waals surface area contributed by atoms with Crippen LogP contribution in [0.25, 0.3) is 0 Å².